The molecule has 2 aromatic rings. The maximum atomic E-state index is 6.22. The van der Waals surface area contributed by atoms with Gasteiger partial charge < -0.3 is 5.73 Å². The normalized spacial score (nSPS) is 13.4. The van der Waals surface area contributed by atoms with Crippen molar-refractivity contribution in [2.45, 2.75) is 51.5 Å². The van der Waals surface area contributed by atoms with Crippen LogP contribution in [0.3, 0.4) is 0 Å². The van der Waals surface area contributed by atoms with E-state index in [1.165, 1.54) is 5.56 Å². The molecule has 0 amide bonds. The third kappa shape index (κ3) is 4.39. The van der Waals surface area contributed by atoms with E-state index in [1.807, 2.05) is 12.3 Å². The van der Waals surface area contributed by atoms with Gasteiger partial charge in [-0.05, 0) is 24.5 Å². The summed E-state index contributed by atoms with van der Waals surface area (Å²) in [5, 5.41) is 3.30. The number of nitrogens with two attached hydrogens (primary N) is 1. The average molecular weight is 289 g/mol. The summed E-state index contributed by atoms with van der Waals surface area (Å²) in [7, 11) is 0. The average Bonchev–Trinajstić information content (AvgIpc) is 2.86. The lowest BCUT2D eigenvalue weighted by molar-refractivity contribution is 0.564. The zero-order valence-electron chi connectivity index (χ0n) is 12.5. The van der Waals surface area contributed by atoms with Gasteiger partial charge in [0.1, 0.15) is 0 Å². The summed E-state index contributed by atoms with van der Waals surface area (Å²) in [6.07, 6.45) is 6.52. The van der Waals surface area contributed by atoms with Crippen molar-refractivity contribution in [2.75, 3.05) is 0 Å². The van der Waals surface area contributed by atoms with Gasteiger partial charge in [0.2, 0.25) is 0 Å². The van der Waals surface area contributed by atoms with E-state index in [4.69, 9.17) is 10.7 Å². The first-order valence-electron chi connectivity index (χ1n) is 7.04. The molecule has 0 spiro atoms. The predicted molar refractivity (Wildman–Crippen MR) is 85.1 cm³/mol. The molecular formula is C16H23N3S. The van der Waals surface area contributed by atoms with Crippen molar-refractivity contribution in [1.29, 1.82) is 0 Å². The summed E-state index contributed by atoms with van der Waals surface area (Å²) >= 11 is 1.72. The van der Waals surface area contributed by atoms with Crippen molar-refractivity contribution in [1.82, 2.24) is 9.97 Å². The van der Waals surface area contributed by atoms with Gasteiger partial charge in [0.25, 0.3) is 0 Å². The van der Waals surface area contributed by atoms with E-state index in [0.717, 1.165) is 30.0 Å². The van der Waals surface area contributed by atoms with Crippen molar-refractivity contribution in [2.24, 2.45) is 5.73 Å². The lowest BCUT2D eigenvalue weighted by atomic mass is 9.93. The van der Waals surface area contributed by atoms with Crippen LogP contribution in [0.4, 0.5) is 0 Å². The van der Waals surface area contributed by atoms with Gasteiger partial charge >= 0.3 is 0 Å². The Hall–Kier alpha value is -1.26. The highest BCUT2D eigenvalue weighted by Gasteiger charge is 2.18. The van der Waals surface area contributed by atoms with Crippen molar-refractivity contribution in [3.05, 3.63) is 46.2 Å². The molecule has 0 aromatic carbocycles. The van der Waals surface area contributed by atoms with E-state index < -0.39 is 0 Å². The Morgan fingerprint density at radius 3 is 2.75 bits per heavy atom. The van der Waals surface area contributed by atoms with Crippen molar-refractivity contribution in [3.8, 4) is 0 Å². The minimum atomic E-state index is 0.120. The molecule has 0 saturated carbocycles. The Bertz CT molecular complexity index is 528. The molecule has 2 aromatic heterocycles. The monoisotopic (exact) mass is 289 g/mol. The summed E-state index contributed by atoms with van der Waals surface area (Å²) in [5.41, 5.74) is 8.75. The molecule has 2 rings (SSSR count). The summed E-state index contributed by atoms with van der Waals surface area (Å²) in [4.78, 5) is 8.83. The second kappa shape index (κ2) is 6.46. The molecular weight excluding hydrogens is 266 g/mol. The number of hydrogen-bond donors (Lipinski definition) is 1. The van der Waals surface area contributed by atoms with Gasteiger partial charge in [-0.25, -0.2) is 4.98 Å². The molecule has 0 fully saturated rings. The molecule has 1 unspecified atom stereocenters. The quantitative estimate of drug-likeness (QED) is 0.918. The number of hydrogen-bond acceptors (Lipinski definition) is 4. The standard InChI is InChI=1S/C16H23N3S/c1-16(2,3)14-11-20-15(19-14)9-13(17)7-6-12-5-4-8-18-10-12/h4-5,8,10-11,13H,6-7,9,17H2,1-3H3. The van der Waals surface area contributed by atoms with Gasteiger partial charge in [0, 0.05) is 35.7 Å². The Morgan fingerprint density at radius 1 is 1.35 bits per heavy atom. The maximum Gasteiger partial charge on any atom is 0.0943 e. The first-order valence-corrected chi connectivity index (χ1v) is 7.92. The van der Waals surface area contributed by atoms with Crippen LogP contribution in [0.1, 0.15) is 43.5 Å². The molecule has 1 atom stereocenters. The number of pyridine rings is 1. The van der Waals surface area contributed by atoms with E-state index in [9.17, 15) is 0 Å². The number of thiazole rings is 1. The molecule has 0 saturated heterocycles. The van der Waals surface area contributed by atoms with E-state index in [0.29, 0.717) is 0 Å². The van der Waals surface area contributed by atoms with Gasteiger partial charge in [0.15, 0.2) is 0 Å². The first-order chi connectivity index (χ1) is 9.45. The van der Waals surface area contributed by atoms with Gasteiger partial charge in [-0.2, -0.15) is 0 Å². The van der Waals surface area contributed by atoms with Crippen LogP contribution in [0.5, 0.6) is 0 Å². The summed E-state index contributed by atoms with van der Waals surface area (Å²) in [5.74, 6) is 0. The van der Waals surface area contributed by atoms with Crippen LogP contribution in [0.2, 0.25) is 0 Å². The highest BCUT2D eigenvalue weighted by molar-refractivity contribution is 7.09. The highest BCUT2D eigenvalue weighted by atomic mass is 32.1. The number of nitrogens with zero attached hydrogens (tertiary/aromatic N) is 2. The zero-order chi connectivity index (χ0) is 14.6. The molecule has 20 heavy (non-hydrogen) atoms. The van der Waals surface area contributed by atoms with Crippen LogP contribution in [-0.4, -0.2) is 16.0 Å². The molecule has 0 bridgehead atoms. The Labute approximate surface area is 125 Å². The predicted octanol–water partition coefficient (Wildman–Crippen LogP) is 3.34. The maximum absolute atomic E-state index is 6.22. The SMILES string of the molecule is CC(C)(C)c1csc(CC(N)CCc2cccnc2)n1. The van der Waals surface area contributed by atoms with Gasteiger partial charge in [-0.1, -0.05) is 26.8 Å². The Balaban J connectivity index is 1.85. The fourth-order valence-electron chi connectivity index (χ4n) is 1.97. The van der Waals surface area contributed by atoms with Gasteiger partial charge in [-0.3, -0.25) is 4.98 Å². The van der Waals surface area contributed by atoms with Gasteiger partial charge in [0.05, 0.1) is 10.7 Å². The summed E-state index contributed by atoms with van der Waals surface area (Å²) < 4.78 is 0. The molecule has 3 nitrogen and oxygen atoms in total. The smallest absolute Gasteiger partial charge is 0.0943 e. The van der Waals surface area contributed by atoms with Crippen LogP contribution in [0.25, 0.3) is 0 Å². The Morgan fingerprint density at radius 2 is 2.15 bits per heavy atom. The fraction of sp³-hybridized carbons (Fsp3) is 0.500. The topological polar surface area (TPSA) is 51.8 Å². The lowest BCUT2D eigenvalue weighted by Crippen LogP contribution is -2.23. The second-order valence-electron chi connectivity index (χ2n) is 6.24. The Kier molecular flexibility index (Phi) is 4.89. The molecule has 2 heterocycles. The van der Waals surface area contributed by atoms with Crippen LogP contribution >= 0.6 is 11.3 Å². The molecule has 0 aliphatic heterocycles. The molecule has 2 N–H and O–H groups in total. The van der Waals surface area contributed by atoms with E-state index in [2.05, 4.69) is 37.2 Å². The molecule has 0 radical (unpaired) electrons. The van der Waals surface area contributed by atoms with Crippen molar-refractivity contribution < 1.29 is 0 Å². The molecule has 0 aliphatic rings. The van der Waals surface area contributed by atoms with Crippen LogP contribution in [-0.2, 0) is 18.3 Å². The zero-order valence-corrected chi connectivity index (χ0v) is 13.3. The minimum Gasteiger partial charge on any atom is -0.327 e. The van der Waals surface area contributed by atoms with E-state index >= 15 is 0 Å². The number of aryl methyl sites for hydroxylation is 1. The minimum absolute atomic E-state index is 0.120. The largest absolute Gasteiger partial charge is 0.327 e. The van der Waals surface area contributed by atoms with Crippen LogP contribution in [0.15, 0.2) is 29.9 Å². The fourth-order valence-corrected chi connectivity index (χ4v) is 3.09. The van der Waals surface area contributed by atoms with Crippen LogP contribution in [0, 0.1) is 0 Å². The van der Waals surface area contributed by atoms with Gasteiger partial charge in [-0.15, -0.1) is 11.3 Å². The lowest BCUT2D eigenvalue weighted by Gasteiger charge is -2.14. The van der Waals surface area contributed by atoms with Crippen molar-refractivity contribution in [3.63, 3.8) is 0 Å². The van der Waals surface area contributed by atoms with Crippen LogP contribution < -0.4 is 5.73 Å². The number of rotatable bonds is 5. The third-order valence-corrected chi connectivity index (χ3v) is 4.15. The highest BCUT2D eigenvalue weighted by Crippen LogP contribution is 2.24. The first kappa shape index (κ1) is 15.1. The van der Waals surface area contributed by atoms with E-state index in [-0.39, 0.29) is 11.5 Å². The third-order valence-electron chi connectivity index (χ3n) is 3.28. The molecule has 108 valence electrons. The second-order valence-corrected chi connectivity index (χ2v) is 7.18. The molecule has 4 heteroatoms. The summed E-state index contributed by atoms with van der Waals surface area (Å²) in [6, 6.07) is 4.23. The van der Waals surface area contributed by atoms with Crippen molar-refractivity contribution >= 4 is 11.3 Å². The number of aromatic nitrogens is 2. The summed E-state index contributed by atoms with van der Waals surface area (Å²) in [6.45, 7) is 6.57. The molecule has 0 aliphatic carbocycles. The van der Waals surface area contributed by atoms with E-state index in [1.54, 1.807) is 17.5 Å².